The lowest BCUT2D eigenvalue weighted by Crippen LogP contribution is -2.45. The van der Waals surface area contributed by atoms with E-state index in [2.05, 4.69) is 35.2 Å². The maximum absolute atomic E-state index is 12.8. The third kappa shape index (κ3) is 3.50. The van der Waals surface area contributed by atoms with Crippen LogP contribution in [0.1, 0.15) is 50.5 Å². The minimum atomic E-state index is -0.0104. The van der Waals surface area contributed by atoms with Gasteiger partial charge in [-0.3, -0.25) is 15.6 Å². The molecule has 3 rings (SSSR count). The van der Waals surface area contributed by atoms with Crippen molar-refractivity contribution < 1.29 is 4.79 Å². The molecule has 4 heteroatoms. The van der Waals surface area contributed by atoms with Crippen LogP contribution in [0.4, 0.5) is 0 Å². The smallest absolute Gasteiger partial charge is 0.227 e. The Balaban J connectivity index is 1.61. The van der Waals surface area contributed by atoms with E-state index < -0.39 is 0 Å². The lowest BCUT2D eigenvalue weighted by molar-refractivity contribution is -0.123. The molecule has 2 fully saturated rings. The van der Waals surface area contributed by atoms with E-state index in [9.17, 15) is 4.79 Å². The fourth-order valence-corrected chi connectivity index (χ4v) is 3.86. The van der Waals surface area contributed by atoms with E-state index in [1.54, 1.807) is 0 Å². The van der Waals surface area contributed by atoms with Crippen LogP contribution < -0.4 is 16.2 Å². The minimum absolute atomic E-state index is 0.0104. The van der Waals surface area contributed by atoms with Crippen molar-refractivity contribution in [1.82, 2.24) is 16.2 Å². The predicted octanol–water partition coefficient (Wildman–Crippen LogP) is 2.33. The average molecular weight is 301 g/mol. The zero-order chi connectivity index (χ0) is 15.4. The first kappa shape index (κ1) is 15.5. The van der Waals surface area contributed by atoms with E-state index in [0.29, 0.717) is 18.0 Å². The van der Waals surface area contributed by atoms with Crippen molar-refractivity contribution in [2.24, 2.45) is 5.92 Å². The summed E-state index contributed by atoms with van der Waals surface area (Å²) in [5.41, 5.74) is 7.72. The van der Waals surface area contributed by atoms with Crippen molar-refractivity contribution in [3.05, 3.63) is 35.9 Å². The SMILES string of the molecule is CCCC(C(=O)NC1CCC2NNCC2C1)c1ccccc1. The van der Waals surface area contributed by atoms with Crippen LogP contribution in [0.3, 0.4) is 0 Å². The van der Waals surface area contributed by atoms with E-state index in [1.807, 2.05) is 18.2 Å². The van der Waals surface area contributed by atoms with Gasteiger partial charge in [0.15, 0.2) is 0 Å². The van der Waals surface area contributed by atoms with Crippen LogP contribution in [0.25, 0.3) is 0 Å². The molecule has 1 aromatic rings. The van der Waals surface area contributed by atoms with Gasteiger partial charge in [0.2, 0.25) is 5.91 Å². The first-order valence-electron chi connectivity index (χ1n) is 8.61. The van der Waals surface area contributed by atoms with Crippen molar-refractivity contribution in [3.8, 4) is 0 Å². The van der Waals surface area contributed by atoms with E-state index in [0.717, 1.165) is 44.2 Å². The Kier molecular flexibility index (Phi) is 5.11. The second kappa shape index (κ2) is 7.25. The molecule has 3 N–H and O–H groups in total. The Labute approximate surface area is 133 Å². The number of rotatable bonds is 5. The fourth-order valence-electron chi connectivity index (χ4n) is 3.86. The van der Waals surface area contributed by atoms with Gasteiger partial charge in [0.05, 0.1) is 5.92 Å². The van der Waals surface area contributed by atoms with E-state index >= 15 is 0 Å². The standard InChI is InChI=1S/C18H27N3O/c1-2-6-16(13-7-4-3-5-8-13)18(22)20-15-9-10-17-14(11-15)12-19-21-17/h3-5,7-8,14-17,19,21H,2,6,9-12H2,1H3,(H,20,22). The third-order valence-corrected chi connectivity index (χ3v) is 5.08. The Morgan fingerprint density at radius 1 is 1.32 bits per heavy atom. The zero-order valence-corrected chi connectivity index (χ0v) is 13.3. The third-order valence-electron chi connectivity index (χ3n) is 5.08. The molecule has 1 saturated carbocycles. The zero-order valence-electron chi connectivity index (χ0n) is 13.3. The molecule has 0 aromatic heterocycles. The van der Waals surface area contributed by atoms with Crippen LogP contribution in [-0.4, -0.2) is 24.5 Å². The van der Waals surface area contributed by atoms with Crippen LogP contribution in [0.2, 0.25) is 0 Å². The molecule has 4 unspecified atom stereocenters. The summed E-state index contributed by atoms with van der Waals surface area (Å²) in [6.07, 6.45) is 5.25. The molecule has 120 valence electrons. The quantitative estimate of drug-likeness (QED) is 0.782. The topological polar surface area (TPSA) is 53.2 Å². The first-order valence-corrected chi connectivity index (χ1v) is 8.61. The lowest BCUT2D eigenvalue weighted by Gasteiger charge is -2.32. The summed E-state index contributed by atoms with van der Waals surface area (Å²) < 4.78 is 0. The number of nitrogens with one attached hydrogen (secondary N) is 3. The Hall–Kier alpha value is -1.39. The molecule has 1 aliphatic heterocycles. The van der Waals surface area contributed by atoms with E-state index in [4.69, 9.17) is 0 Å². The van der Waals surface area contributed by atoms with Gasteiger partial charge in [-0.25, -0.2) is 0 Å². The highest BCUT2D eigenvalue weighted by Gasteiger charge is 2.35. The molecule has 1 saturated heterocycles. The second-order valence-electron chi connectivity index (χ2n) is 6.66. The summed E-state index contributed by atoms with van der Waals surface area (Å²) in [6, 6.07) is 11.1. The first-order chi connectivity index (χ1) is 10.8. The normalized spacial score (nSPS) is 28.9. The maximum atomic E-state index is 12.8. The Morgan fingerprint density at radius 2 is 2.14 bits per heavy atom. The highest BCUT2D eigenvalue weighted by Crippen LogP contribution is 2.28. The van der Waals surface area contributed by atoms with Gasteiger partial charge in [0, 0.05) is 18.6 Å². The number of carbonyl (C=O) groups excluding carboxylic acids is 1. The van der Waals surface area contributed by atoms with Gasteiger partial charge >= 0.3 is 0 Å². The van der Waals surface area contributed by atoms with Crippen LogP contribution in [0.15, 0.2) is 30.3 Å². The van der Waals surface area contributed by atoms with Crippen LogP contribution in [0, 0.1) is 5.92 Å². The molecule has 4 nitrogen and oxygen atoms in total. The van der Waals surface area contributed by atoms with Gasteiger partial charge in [-0.15, -0.1) is 0 Å². The van der Waals surface area contributed by atoms with Crippen molar-refractivity contribution in [2.45, 2.75) is 57.0 Å². The summed E-state index contributed by atoms with van der Waals surface area (Å²) >= 11 is 0. The molecular weight excluding hydrogens is 274 g/mol. The minimum Gasteiger partial charge on any atom is -0.353 e. The molecule has 1 amide bonds. The summed E-state index contributed by atoms with van der Waals surface area (Å²) in [5.74, 6) is 0.847. The predicted molar refractivity (Wildman–Crippen MR) is 88.3 cm³/mol. The van der Waals surface area contributed by atoms with Gasteiger partial charge in [-0.1, -0.05) is 43.7 Å². The molecule has 1 heterocycles. The number of hydrogen-bond donors (Lipinski definition) is 3. The van der Waals surface area contributed by atoms with Gasteiger partial charge in [0.1, 0.15) is 0 Å². The molecule has 1 aromatic carbocycles. The fraction of sp³-hybridized carbons (Fsp3) is 0.611. The average Bonchev–Trinajstić information content (AvgIpc) is 3.01. The molecule has 0 bridgehead atoms. The summed E-state index contributed by atoms with van der Waals surface area (Å²) in [7, 11) is 0. The largest absolute Gasteiger partial charge is 0.353 e. The highest BCUT2D eigenvalue weighted by molar-refractivity contribution is 5.83. The number of fused-ring (bicyclic) bond motifs is 1. The highest BCUT2D eigenvalue weighted by atomic mass is 16.1. The van der Waals surface area contributed by atoms with E-state index in [1.165, 1.54) is 0 Å². The molecule has 2 aliphatic rings. The van der Waals surface area contributed by atoms with Crippen molar-refractivity contribution in [3.63, 3.8) is 0 Å². The monoisotopic (exact) mass is 301 g/mol. The maximum Gasteiger partial charge on any atom is 0.227 e. The van der Waals surface area contributed by atoms with Crippen LogP contribution >= 0.6 is 0 Å². The second-order valence-corrected chi connectivity index (χ2v) is 6.66. The van der Waals surface area contributed by atoms with Crippen molar-refractivity contribution >= 4 is 5.91 Å². The van der Waals surface area contributed by atoms with Gasteiger partial charge in [0.25, 0.3) is 0 Å². The van der Waals surface area contributed by atoms with Crippen molar-refractivity contribution in [1.29, 1.82) is 0 Å². The van der Waals surface area contributed by atoms with Gasteiger partial charge in [-0.05, 0) is 37.2 Å². The number of benzene rings is 1. The van der Waals surface area contributed by atoms with Gasteiger partial charge in [-0.2, -0.15) is 0 Å². The van der Waals surface area contributed by atoms with Gasteiger partial charge < -0.3 is 5.32 Å². The van der Waals surface area contributed by atoms with Crippen molar-refractivity contribution in [2.75, 3.05) is 6.54 Å². The Bertz CT molecular complexity index is 490. The summed E-state index contributed by atoms with van der Waals surface area (Å²) in [5, 5.41) is 3.32. The Morgan fingerprint density at radius 3 is 2.91 bits per heavy atom. The molecular formula is C18H27N3O. The number of amides is 1. The summed E-state index contributed by atoms with van der Waals surface area (Å²) in [6.45, 7) is 3.17. The molecule has 0 spiro atoms. The summed E-state index contributed by atoms with van der Waals surface area (Å²) in [4.78, 5) is 12.8. The number of hydrogen-bond acceptors (Lipinski definition) is 3. The number of carbonyl (C=O) groups is 1. The lowest BCUT2D eigenvalue weighted by atomic mass is 9.82. The molecule has 4 atom stereocenters. The molecule has 1 aliphatic carbocycles. The van der Waals surface area contributed by atoms with Crippen LogP contribution in [0.5, 0.6) is 0 Å². The molecule has 22 heavy (non-hydrogen) atoms. The van der Waals surface area contributed by atoms with E-state index in [-0.39, 0.29) is 11.8 Å². The molecule has 0 radical (unpaired) electrons. The number of hydrazine groups is 1. The van der Waals surface area contributed by atoms with Crippen LogP contribution in [-0.2, 0) is 4.79 Å².